The highest BCUT2D eigenvalue weighted by molar-refractivity contribution is 7.99. The smallest absolute Gasteiger partial charge is 0.0666 e. The highest BCUT2D eigenvalue weighted by Gasteiger charge is 2.16. The van der Waals surface area contributed by atoms with Gasteiger partial charge in [-0.05, 0) is 24.9 Å². The van der Waals surface area contributed by atoms with E-state index in [1.807, 2.05) is 11.8 Å². The van der Waals surface area contributed by atoms with Crippen molar-refractivity contribution in [1.82, 2.24) is 0 Å². The predicted molar refractivity (Wildman–Crippen MR) is 74.5 cm³/mol. The van der Waals surface area contributed by atoms with Gasteiger partial charge < -0.3 is 10.5 Å². The molecule has 0 aliphatic carbocycles. The average Bonchev–Trinajstić information content (AvgIpc) is 2.89. The van der Waals surface area contributed by atoms with Crippen LogP contribution in [0.2, 0.25) is 0 Å². The van der Waals surface area contributed by atoms with E-state index >= 15 is 0 Å². The van der Waals surface area contributed by atoms with Crippen LogP contribution in [-0.4, -0.2) is 30.8 Å². The fraction of sp³-hybridized carbons (Fsp3) is 0.571. The van der Waals surface area contributed by atoms with Gasteiger partial charge in [0.1, 0.15) is 0 Å². The summed E-state index contributed by atoms with van der Waals surface area (Å²) in [6.45, 7) is 1.67. The van der Waals surface area contributed by atoms with Crippen molar-refractivity contribution in [2.45, 2.75) is 24.9 Å². The Morgan fingerprint density at radius 3 is 2.82 bits per heavy atom. The van der Waals surface area contributed by atoms with Gasteiger partial charge in [0.15, 0.2) is 0 Å². The van der Waals surface area contributed by atoms with Gasteiger partial charge in [0.05, 0.1) is 6.10 Å². The van der Waals surface area contributed by atoms with Gasteiger partial charge in [0.25, 0.3) is 0 Å². The molecule has 2 unspecified atom stereocenters. The molecule has 1 aromatic rings. The molecular formula is C14H21NOS. The van der Waals surface area contributed by atoms with Crippen molar-refractivity contribution < 1.29 is 4.74 Å². The van der Waals surface area contributed by atoms with Crippen molar-refractivity contribution in [3.8, 4) is 0 Å². The maximum Gasteiger partial charge on any atom is 0.0666 e. The minimum absolute atomic E-state index is 0.475. The Bertz CT molecular complexity index is 311. The van der Waals surface area contributed by atoms with E-state index in [2.05, 4.69) is 30.3 Å². The molecule has 0 saturated carbocycles. The number of thioether (sulfide) groups is 1. The van der Waals surface area contributed by atoms with Crippen molar-refractivity contribution in [2.75, 3.05) is 24.7 Å². The molecule has 2 N–H and O–H groups in total. The first-order valence-corrected chi connectivity index (χ1v) is 7.50. The molecule has 3 heteroatoms. The summed E-state index contributed by atoms with van der Waals surface area (Å²) >= 11 is 1.97. The molecule has 17 heavy (non-hydrogen) atoms. The van der Waals surface area contributed by atoms with E-state index in [1.165, 1.54) is 18.4 Å². The molecule has 1 heterocycles. The normalized spacial score (nSPS) is 21.6. The molecule has 0 spiro atoms. The van der Waals surface area contributed by atoms with Crippen LogP contribution in [0.5, 0.6) is 0 Å². The van der Waals surface area contributed by atoms with Gasteiger partial charge in [-0.2, -0.15) is 11.8 Å². The van der Waals surface area contributed by atoms with Crippen LogP contribution in [0.15, 0.2) is 30.3 Å². The lowest BCUT2D eigenvalue weighted by Crippen LogP contribution is -2.16. The number of hydrogen-bond donors (Lipinski definition) is 1. The van der Waals surface area contributed by atoms with E-state index in [4.69, 9.17) is 10.5 Å². The summed E-state index contributed by atoms with van der Waals surface area (Å²) in [5.74, 6) is 2.69. The quantitative estimate of drug-likeness (QED) is 0.844. The largest absolute Gasteiger partial charge is 0.377 e. The Morgan fingerprint density at radius 2 is 2.18 bits per heavy atom. The second-order valence-corrected chi connectivity index (χ2v) is 5.59. The molecule has 1 aromatic carbocycles. The van der Waals surface area contributed by atoms with E-state index < -0.39 is 0 Å². The number of benzene rings is 1. The van der Waals surface area contributed by atoms with Gasteiger partial charge in [-0.25, -0.2) is 0 Å². The fourth-order valence-electron chi connectivity index (χ4n) is 2.14. The van der Waals surface area contributed by atoms with Crippen LogP contribution in [-0.2, 0) is 4.74 Å². The lowest BCUT2D eigenvalue weighted by Gasteiger charge is -2.16. The minimum Gasteiger partial charge on any atom is -0.377 e. The summed E-state index contributed by atoms with van der Waals surface area (Å²) in [6, 6.07) is 10.6. The Labute approximate surface area is 108 Å². The summed E-state index contributed by atoms with van der Waals surface area (Å²) in [5.41, 5.74) is 7.21. The summed E-state index contributed by atoms with van der Waals surface area (Å²) in [6.07, 6.45) is 2.93. The van der Waals surface area contributed by atoms with Crippen molar-refractivity contribution >= 4 is 11.8 Å². The third-order valence-electron chi connectivity index (χ3n) is 3.20. The molecular weight excluding hydrogens is 230 g/mol. The highest BCUT2D eigenvalue weighted by Crippen LogP contribution is 2.23. The number of rotatable bonds is 6. The maximum atomic E-state index is 5.85. The highest BCUT2D eigenvalue weighted by atomic mass is 32.2. The number of nitrogens with two attached hydrogens (primary N) is 1. The van der Waals surface area contributed by atoms with E-state index in [9.17, 15) is 0 Å². The van der Waals surface area contributed by atoms with Crippen LogP contribution in [0.1, 0.15) is 24.3 Å². The Hall–Kier alpha value is -0.510. The van der Waals surface area contributed by atoms with Gasteiger partial charge in [-0.1, -0.05) is 30.3 Å². The summed E-state index contributed by atoms with van der Waals surface area (Å²) in [7, 11) is 0. The first kappa shape index (κ1) is 12.9. The summed E-state index contributed by atoms with van der Waals surface area (Å²) < 4.78 is 5.62. The average molecular weight is 251 g/mol. The van der Waals surface area contributed by atoms with E-state index in [0.29, 0.717) is 12.0 Å². The molecule has 0 radical (unpaired) electrons. The molecule has 1 saturated heterocycles. The molecule has 94 valence electrons. The van der Waals surface area contributed by atoms with E-state index in [1.54, 1.807) is 0 Å². The lowest BCUT2D eigenvalue weighted by molar-refractivity contribution is 0.129. The SMILES string of the molecule is NCC(CSCC1CCCO1)c1ccccc1. The molecule has 0 amide bonds. The molecule has 2 nitrogen and oxygen atoms in total. The summed E-state index contributed by atoms with van der Waals surface area (Å²) in [5, 5.41) is 0. The van der Waals surface area contributed by atoms with E-state index in [0.717, 1.165) is 24.7 Å². The van der Waals surface area contributed by atoms with Crippen LogP contribution < -0.4 is 5.73 Å². The van der Waals surface area contributed by atoms with Crippen molar-refractivity contribution in [2.24, 2.45) is 5.73 Å². The van der Waals surface area contributed by atoms with Gasteiger partial charge in [-0.15, -0.1) is 0 Å². The minimum atomic E-state index is 0.475. The monoisotopic (exact) mass is 251 g/mol. The van der Waals surface area contributed by atoms with Gasteiger partial charge >= 0.3 is 0 Å². The van der Waals surface area contributed by atoms with Crippen LogP contribution in [0.25, 0.3) is 0 Å². The van der Waals surface area contributed by atoms with Crippen LogP contribution >= 0.6 is 11.8 Å². The van der Waals surface area contributed by atoms with Crippen LogP contribution in [0.3, 0.4) is 0 Å². The number of hydrogen-bond acceptors (Lipinski definition) is 3. The van der Waals surface area contributed by atoms with Gasteiger partial charge in [-0.3, -0.25) is 0 Å². The molecule has 1 aliphatic heterocycles. The van der Waals surface area contributed by atoms with E-state index in [-0.39, 0.29) is 0 Å². The number of ether oxygens (including phenoxy) is 1. The fourth-order valence-corrected chi connectivity index (χ4v) is 3.42. The Kier molecular flexibility index (Phi) is 5.36. The molecule has 1 fully saturated rings. The van der Waals surface area contributed by atoms with Crippen LogP contribution in [0, 0.1) is 0 Å². The topological polar surface area (TPSA) is 35.2 Å². The first-order chi connectivity index (χ1) is 8.40. The first-order valence-electron chi connectivity index (χ1n) is 6.34. The Balaban J connectivity index is 1.75. The molecule has 2 atom stereocenters. The third kappa shape index (κ3) is 4.02. The zero-order valence-corrected chi connectivity index (χ0v) is 11.0. The lowest BCUT2D eigenvalue weighted by atomic mass is 10.0. The maximum absolute atomic E-state index is 5.85. The van der Waals surface area contributed by atoms with Crippen molar-refractivity contribution in [3.05, 3.63) is 35.9 Å². The molecule has 2 rings (SSSR count). The van der Waals surface area contributed by atoms with Crippen molar-refractivity contribution in [1.29, 1.82) is 0 Å². The van der Waals surface area contributed by atoms with Crippen LogP contribution in [0.4, 0.5) is 0 Å². The second kappa shape index (κ2) is 7.04. The Morgan fingerprint density at radius 1 is 1.35 bits per heavy atom. The molecule has 1 aliphatic rings. The standard InChI is InChI=1S/C14H21NOS/c15-9-13(12-5-2-1-3-6-12)10-17-11-14-7-4-8-16-14/h1-3,5-6,13-14H,4,7-11,15H2. The predicted octanol–water partition coefficient (Wildman–Crippen LogP) is 2.64. The zero-order chi connectivity index (χ0) is 11.9. The molecule has 0 aromatic heterocycles. The van der Waals surface area contributed by atoms with Gasteiger partial charge in [0, 0.05) is 24.0 Å². The third-order valence-corrected chi connectivity index (χ3v) is 4.45. The van der Waals surface area contributed by atoms with Crippen molar-refractivity contribution in [3.63, 3.8) is 0 Å². The van der Waals surface area contributed by atoms with Gasteiger partial charge in [0.2, 0.25) is 0 Å². The second-order valence-electron chi connectivity index (χ2n) is 4.52. The zero-order valence-electron chi connectivity index (χ0n) is 10.2. The molecule has 0 bridgehead atoms. The summed E-state index contributed by atoms with van der Waals surface area (Å²) in [4.78, 5) is 0.